The minimum absolute atomic E-state index is 0.0184. The average molecular weight is 216 g/mol. The van der Waals surface area contributed by atoms with Crippen LogP contribution in [0.5, 0.6) is 0 Å². The molecule has 0 aliphatic heterocycles. The molecule has 0 unspecified atom stereocenters. The fourth-order valence-corrected chi connectivity index (χ4v) is 0.771. The Hall–Kier alpha value is -1.39. The molecule has 0 N–H and O–H groups in total. The van der Waals surface area contributed by atoms with Gasteiger partial charge in [0.05, 0.1) is 13.2 Å². The van der Waals surface area contributed by atoms with Crippen molar-refractivity contribution in [3.8, 4) is 0 Å². The summed E-state index contributed by atoms with van der Waals surface area (Å²) >= 11 is 0. The summed E-state index contributed by atoms with van der Waals surface area (Å²) in [5.41, 5.74) is 0. The van der Waals surface area contributed by atoms with Crippen LogP contribution in [0, 0.1) is 0 Å². The van der Waals surface area contributed by atoms with Crippen LogP contribution in [-0.4, -0.2) is 31.4 Å². The van der Waals surface area contributed by atoms with Crippen molar-refractivity contribution in [3.05, 3.63) is 0 Å². The SMILES string of the molecule is CCCCOC(=O)CC(=O)OCCC=O. The van der Waals surface area contributed by atoms with Gasteiger partial charge in [-0.15, -0.1) is 0 Å². The number of carbonyl (C=O) groups is 3. The second kappa shape index (κ2) is 9.18. The molecule has 0 aliphatic carbocycles. The molecule has 0 fully saturated rings. The van der Waals surface area contributed by atoms with E-state index in [1.165, 1.54) is 0 Å². The third kappa shape index (κ3) is 8.93. The summed E-state index contributed by atoms with van der Waals surface area (Å²) in [6.07, 6.45) is 2.12. The Labute approximate surface area is 88.7 Å². The summed E-state index contributed by atoms with van der Waals surface area (Å²) < 4.78 is 9.34. The van der Waals surface area contributed by atoms with Gasteiger partial charge in [0, 0.05) is 6.42 Å². The van der Waals surface area contributed by atoms with Crippen LogP contribution in [0.15, 0.2) is 0 Å². The number of hydrogen-bond acceptors (Lipinski definition) is 5. The number of aldehydes is 1. The molecule has 86 valence electrons. The van der Waals surface area contributed by atoms with E-state index in [0.29, 0.717) is 12.9 Å². The number of unbranched alkanes of at least 4 members (excludes halogenated alkanes) is 1. The molecule has 5 heteroatoms. The van der Waals surface area contributed by atoms with Crippen molar-refractivity contribution in [2.24, 2.45) is 0 Å². The molecule has 0 spiro atoms. The Morgan fingerprint density at radius 3 is 2.27 bits per heavy atom. The van der Waals surface area contributed by atoms with Crippen LogP contribution in [0.25, 0.3) is 0 Å². The highest BCUT2D eigenvalue weighted by Gasteiger charge is 2.11. The molecule has 0 saturated carbocycles. The maximum absolute atomic E-state index is 11.0. The van der Waals surface area contributed by atoms with Crippen LogP contribution in [-0.2, 0) is 23.9 Å². The van der Waals surface area contributed by atoms with Crippen molar-refractivity contribution in [3.63, 3.8) is 0 Å². The lowest BCUT2D eigenvalue weighted by Gasteiger charge is -2.03. The highest BCUT2D eigenvalue weighted by atomic mass is 16.6. The fraction of sp³-hybridized carbons (Fsp3) is 0.700. The fourth-order valence-electron chi connectivity index (χ4n) is 0.771. The maximum Gasteiger partial charge on any atom is 0.317 e. The van der Waals surface area contributed by atoms with Crippen LogP contribution >= 0.6 is 0 Å². The standard InChI is InChI=1S/C10H16O5/c1-2-3-6-14-9(12)8-10(13)15-7-4-5-11/h5H,2-4,6-8H2,1H3. The van der Waals surface area contributed by atoms with Gasteiger partial charge in [0.25, 0.3) is 0 Å². The summed E-state index contributed by atoms with van der Waals surface area (Å²) in [5.74, 6) is -1.24. The van der Waals surface area contributed by atoms with E-state index >= 15 is 0 Å². The van der Waals surface area contributed by atoms with Crippen molar-refractivity contribution >= 4 is 18.2 Å². The van der Waals surface area contributed by atoms with Gasteiger partial charge in [0.15, 0.2) is 0 Å². The molecule has 0 amide bonds. The number of rotatable bonds is 8. The molecular formula is C10H16O5. The highest BCUT2D eigenvalue weighted by molar-refractivity contribution is 5.91. The Morgan fingerprint density at radius 1 is 1.13 bits per heavy atom. The minimum atomic E-state index is -0.654. The van der Waals surface area contributed by atoms with Crippen molar-refractivity contribution in [1.82, 2.24) is 0 Å². The molecule has 15 heavy (non-hydrogen) atoms. The molecular weight excluding hydrogens is 200 g/mol. The molecule has 0 rings (SSSR count). The largest absolute Gasteiger partial charge is 0.465 e. The van der Waals surface area contributed by atoms with Gasteiger partial charge in [0.2, 0.25) is 0 Å². The maximum atomic E-state index is 11.0. The molecule has 0 aliphatic rings. The van der Waals surface area contributed by atoms with Gasteiger partial charge in [-0.3, -0.25) is 9.59 Å². The molecule has 0 radical (unpaired) electrons. The van der Waals surface area contributed by atoms with Crippen LogP contribution in [0.2, 0.25) is 0 Å². The van der Waals surface area contributed by atoms with Crippen molar-refractivity contribution in [2.75, 3.05) is 13.2 Å². The Morgan fingerprint density at radius 2 is 1.73 bits per heavy atom. The zero-order valence-corrected chi connectivity index (χ0v) is 8.86. The average Bonchev–Trinajstić information content (AvgIpc) is 2.18. The third-order valence-corrected chi connectivity index (χ3v) is 1.55. The molecule has 0 aromatic rings. The zero-order chi connectivity index (χ0) is 11.5. The molecule has 0 bridgehead atoms. The minimum Gasteiger partial charge on any atom is -0.465 e. The predicted molar refractivity (Wildman–Crippen MR) is 52.1 cm³/mol. The Balaban J connectivity index is 3.49. The predicted octanol–water partition coefficient (Wildman–Crippen LogP) is 0.852. The number of esters is 2. The number of carbonyl (C=O) groups excluding carboxylic acids is 3. The van der Waals surface area contributed by atoms with Crippen LogP contribution in [0.3, 0.4) is 0 Å². The van der Waals surface area contributed by atoms with Crippen molar-refractivity contribution < 1.29 is 23.9 Å². The third-order valence-electron chi connectivity index (χ3n) is 1.55. The summed E-state index contributed by atoms with van der Waals surface area (Å²) in [5, 5.41) is 0. The first-order chi connectivity index (χ1) is 7.20. The quantitative estimate of drug-likeness (QED) is 0.260. The van der Waals surface area contributed by atoms with Gasteiger partial charge >= 0.3 is 11.9 Å². The first-order valence-corrected chi connectivity index (χ1v) is 4.95. The first kappa shape index (κ1) is 13.6. The van der Waals surface area contributed by atoms with Crippen LogP contribution in [0.1, 0.15) is 32.6 Å². The first-order valence-electron chi connectivity index (χ1n) is 4.95. The topological polar surface area (TPSA) is 69.7 Å². The number of ether oxygens (including phenoxy) is 2. The van der Waals surface area contributed by atoms with E-state index in [4.69, 9.17) is 4.74 Å². The van der Waals surface area contributed by atoms with Crippen LogP contribution < -0.4 is 0 Å². The van der Waals surface area contributed by atoms with Crippen molar-refractivity contribution in [1.29, 1.82) is 0 Å². The number of hydrogen-bond donors (Lipinski definition) is 0. The van der Waals surface area contributed by atoms with E-state index in [2.05, 4.69) is 4.74 Å². The molecule has 5 nitrogen and oxygen atoms in total. The summed E-state index contributed by atoms with van der Waals surface area (Å²) in [6.45, 7) is 2.32. The Bertz CT molecular complexity index is 212. The summed E-state index contributed by atoms with van der Waals surface area (Å²) in [7, 11) is 0. The zero-order valence-electron chi connectivity index (χ0n) is 8.86. The molecule has 0 saturated heterocycles. The molecule has 0 aromatic carbocycles. The summed E-state index contributed by atoms with van der Waals surface area (Å²) in [6, 6.07) is 0. The summed E-state index contributed by atoms with van der Waals surface area (Å²) in [4.78, 5) is 31.8. The van der Waals surface area contributed by atoms with E-state index in [1.54, 1.807) is 0 Å². The lowest BCUT2D eigenvalue weighted by Crippen LogP contribution is -2.15. The van der Waals surface area contributed by atoms with E-state index < -0.39 is 11.9 Å². The van der Waals surface area contributed by atoms with E-state index in [1.807, 2.05) is 6.92 Å². The normalized spacial score (nSPS) is 9.40. The second-order valence-corrected chi connectivity index (χ2v) is 2.93. The second-order valence-electron chi connectivity index (χ2n) is 2.93. The molecule has 0 atom stereocenters. The highest BCUT2D eigenvalue weighted by Crippen LogP contribution is 1.94. The van der Waals surface area contributed by atoms with Gasteiger partial charge in [-0.05, 0) is 6.42 Å². The van der Waals surface area contributed by atoms with Crippen molar-refractivity contribution in [2.45, 2.75) is 32.6 Å². The van der Waals surface area contributed by atoms with Gasteiger partial charge in [-0.25, -0.2) is 0 Å². The monoisotopic (exact) mass is 216 g/mol. The van der Waals surface area contributed by atoms with Crippen LogP contribution in [0.4, 0.5) is 0 Å². The van der Waals surface area contributed by atoms with E-state index in [-0.39, 0.29) is 19.4 Å². The molecule has 0 heterocycles. The smallest absolute Gasteiger partial charge is 0.317 e. The van der Waals surface area contributed by atoms with Gasteiger partial charge in [0.1, 0.15) is 12.7 Å². The van der Waals surface area contributed by atoms with E-state index in [9.17, 15) is 14.4 Å². The lowest BCUT2D eigenvalue weighted by molar-refractivity contribution is -0.154. The lowest BCUT2D eigenvalue weighted by atomic mass is 10.3. The van der Waals surface area contributed by atoms with Gasteiger partial charge < -0.3 is 14.3 Å². The Kier molecular flexibility index (Phi) is 8.33. The van der Waals surface area contributed by atoms with Gasteiger partial charge in [-0.1, -0.05) is 13.3 Å². The van der Waals surface area contributed by atoms with E-state index in [0.717, 1.165) is 12.8 Å². The van der Waals surface area contributed by atoms with Gasteiger partial charge in [-0.2, -0.15) is 0 Å². The molecule has 0 aromatic heterocycles.